The first-order valence-electron chi connectivity index (χ1n) is 6.73. The monoisotopic (exact) mass is 329 g/mol. The molecule has 1 aromatic rings. The predicted molar refractivity (Wildman–Crippen MR) is 79.6 cm³/mol. The van der Waals surface area contributed by atoms with Gasteiger partial charge in [-0.3, -0.25) is 4.90 Å². The van der Waals surface area contributed by atoms with E-state index in [1.165, 1.54) is 6.07 Å². The van der Waals surface area contributed by atoms with Crippen LogP contribution in [0, 0.1) is 5.82 Å². The fourth-order valence-electron chi connectivity index (χ4n) is 2.57. The maximum Gasteiger partial charge on any atom is 0.128 e. The molecule has 0 radical (unpaired) electrons. The SMILES string of the molecule is CC(CC(N)c1cc(Br)ccc1F)N1CCNCC1. The molecule has 1 aliphatic heterocycles. The van der Waals surface area contributed by atoms with Crippen LogP contribution in [-0.4, -0.2) is 37.1 Å². The highest BCUT2D eigenvalue weighted by Gasteiger charge is 2.21. The fraction of sp³-hybridized carbons (Fsp3) is 0.571. The Bertz CT molecular complexity index is 421. The van der Waals surface area contributed by atoms with Crippen molar-refractivity contribution in [1.82, 2.24) is 10.2 Å². The van der Waals surface area contributed by atoms with Crippen molar-refractivity contribution in [3.8, 4) is 0 Å². The fourth-order valence-corrected chi connectivity index (χ4v) is 2.94. The van der Waals surface area contributed by atoms with Crippen molar-refractivity contribution < 1.29 is 4.39 Å². The second kappa shape index (κ2) is 6.79. The highest BCUT2D eigenvalue weighted by Crippen LogP contribution is 2.24. The first kappa shape index (κ1) is 14.9. The van der Waals surface area contributed by atoms with Crippen molar-refractivity contribution in [2.75, 3.05) is 26.2 Å². The van der Waals surface area contributed by atoms with E-state index in [1.54, 1.807) is 12.1 Å². The van der Waals surface area contributed by atoms with Gasteiger partial charge in [0.1, 0.15) is 5.82 Å². The molecule has 0 spiro atoms. The van der Waals surface area contributed by atoms with Crippen molar-refractivity contribution >= 4 is 15.9 Å². The Kier molecular flexibility index (Phi) is 5.33. The van der Waals surface area contributed by atoms with Crippen LogP contribution in [0.15, 0.2) is 22.7 Å². The molecule has 0 saturated carbocycles. The molecule has 2 atom stereocenters. The average molecular weight is 330 g/mol. The number of hydrogen-bond acceptors (Lipinski definition) is 3. The third-order valence-corrected chi connectivity index (χ3v) is 4.22. The number of rotatable bonds is 4. The van der Waals surface area contributed by atoms with Crippen LogP contribution >= 0.6 is 15.9 Å². The Labute approximate surface area is 122 Å². The molecule has 0 aromatic heterocycles. The summed E-state index contributed by atoms with van der Waals surface area (Å²) in [4.78, 5) is 2.41. The summed E-state index contributed by atoms with van der Waals surface area (Å²) in [6.07, 6.45) is 0.771. The van der Waals surface area contributed by atoms with E-state index in [0.717, 1.165) is 37.1 Å². The van der Waals surface area contributed by atoms with Gasteiger partial charge in [0.05, 0.1) is 0 Å². The van der Waals surface area contributed by atoms with E-state index in [1.807, 2.05) is 0 Å². The Balaban J connectivity index is 1.99. The number of nitrogens with two attached hydrogens (primary N) is 1. The zero-order valence-corrected chi connectivity index (χ0v) is 12.8. The summed E-state index contributed by atoms with van der Waals surface area (Å²) in [6.45, 7) is 6.28. The smallest absolute Gasteiger partial charge is 0.128 e. The van der Waals surface area contributed by atoms with Crippen LogP contribution in [0.2, 0.25) is 0 Å². The minimum Gasteiger partial charge on any atom is -0.324 e. The van der Waals surface area contributed by atoms with Gasteiger partial charge >= 0.3 is 0 Å². The molecular formula is C14H21BrFN3. The second-order valence-electron chi connectivity index (χ2n) is 5.14. The van der Waals surface area contributed by atoms with Gasteiger partial charge in [-0.15, -0.1) is 0 Å². The number of halogens is 2. The molecule has 1 aromatic carbocycles. The summed E-state index contributed by atoms with van der Waals surface area (Å²) in [5, 5.41) is 3.33. The zero-order valence-electron chi connectivity index (χ0n) is 11.2. The van der Waals surface area contributed by atoms with Crippen LogP contribution in [0.1, 0.15) is 24.9 Å². The first-order valence-corrected chi connectivity index (χ1v) is 7.52. The summed E-state index contributed by atoms with van der Waals surface area (Å²) in [6, 6.07) is 5.06. The number of nitrogens with one attached hydrogen (secondary N) is 1. The van der Waals surface area contributed by atoms with Gasteiger partial charge in [-0.25, -0.2) is 4.39 Å². The van der Waals surface area contributed by atoms with Gasteiger partial charge in [0.15, 0.2) is 0 Å². The van der Waals surface area contributed by atoms with Gasteiger partial charge < -0.3 is 11.1 Å². The lowest BCUT2D eigenvalue weighted by atomic mass is 9.99. The molecule has 5 heteroatoms. The van der Waals surface area contributed by atoms with Gasteiger partial charge in [0.25, 0.3) is 0 Å². The molecule has 0 bridgehead atoms. The van der Waals surface area contributed by atoms with Crippen LogP contribution in [0.3, 0.4) is 0 Å². The summed E-state index contributed by atoms with van der Waals surface area (Å²) < 4.78 is 14.7. The third-order valence-electron chi connectivity index (χ3n) is 3.73. The van der Waals surface area contributed by atoms with Gasteiger partial charge in [-0.05, 0) is 31.5 Å². The average Bonchev–Trinajstić information content (AvgIpc) is 2.42. The maximum atomic E-state index is 13.8. The van der Waals surface area contributed by atoms with Gasteiger partial charge in [-0.2, -0.15) is 0 Å². The van der Waals surface area contributed by atoms with Gasteiger partial charge in [0, 0.05) is 48.3 Å². The van der Waals surface area contributed by atoms with Crippen LogP contribution in [-0.2, 0) is 0 Å². The van der Waals surface area contributed by atoms with E-state index < -0.39 is 0 Å². The Morgan fingerprint density at radius 1 is 1.42 bits per heavy atom. The number of piperazine rings is 1. The predicted octanol–water partition coefficient (Wildman–Crippen LogP) is 2.27. The standard InChI is InChI=1S/C14H21BrFN3/c1-10(19-6-4-18-5-7-19)8-14(17)12-9-11(15)2-3-13(12)16/h2-3,9-10,14,18H,4-8,17H2,1H3. The van der Waals surface area contributed by atoms with E-state index in [2.05, 4.69) is 33.1 Å². The number of nitrogens with zero attached hydrogens (tertiary/aromatic N) is 1. The van der Waals surface area contributed by atoms with Gasteiger partial charge in [-0.1, -0.05) is 15.9 Å². The molecule has 0 aliphatic carbocycles. The van der Waals surface area contributed by atoms with E-state index in [9.17, 15) is 4.39 Å². The zero-order chi connectivity index (χ0) is 13.8. The molecular weight excluding hydrogens is 309 g/mol. The first-order chi connectivity index (χ1) is 9.08. The van der Waals surface area contributed by atoms with Crippen LogP contribution in [0.25, 0.3) is 0 Å². The van der Waals surface area contributed by atoms with Crippen molar-refractivity contribution in [1.29, 1.82) is 0 Å². The molecule has 19 heavy (non-hydrogen) atoms. The quantitative estimate of drug-likeness (QED) is 0.890. The molecule has 1 heterocycles. The minimum atomic E-state index is -0.262. The van der Waals surface area contributed by atoms with Crippen LogP contribution < -0.4 is 11.1 Å². The summed E-state index contributed by atoms with van der Waals surface area (Å²) in [5.74, 6) is -0.219. The van der Waals surface area contributed by atoms with E-state index >= 15 is 0 Å². The molecule has 1 aliphatic rings. The Morgan fingerprint density at radius 3 is 2.79 bits per heavy atom. The lowest BCUT2D eigenvalue weighted by Crippen LogP contribution is -2.48. The minimum absolute atomic E-state index is 0.219. The van der Waals surface area contributed by atoms with Crippen molar-refractivity contribution in [3.63, 3.8) is 0 Å². The molecule has 2 unspecified atom stereocenters. The normalized spacial score (nSPS) is 20.2. The summed E-state index contributed by atoms with van der Waals surface area (Å²) in [7, 11) is 0. The largest absolute Gasteiger partial charge is 0.324 e. The summed E-state index contributed by atoms with van der Waals surface area (Å²) in [5.41, 5.74) is 6.76. The lowest BCUT2D eigenvalue weighted by Gasteiger charge is -2.34. The molecule has 1 saturated heterocycles. The highest BCUT2D eigenvalue weighted by molar-refractivity contribution is 9.10. The highest BCUT2D eigenvalue weighted by atomic mass is 79.9. The van der Waals surface area contributed by atoms with E-state index in [4.69, 9.17) is 5.73 Å². The van der Waals surface area contributed by atoms with Crippen molar-refractivity contribution in [3.05, 3.63) is 34.1 Å². The maximum absolute atomic E-state index is 13.8. The molecule has 0 amide bonds. The molecule has 3 N–H and O–H groups in total. The van der Waals surface area contributed by atoms with Crippen LogP contribution in [0.4, 0.5) is 4.39 Å². The van der Waals surface area contributed by atoms with Crippen molar-refractivity contribution in [2.24, 2.45) is 5.73 Å². The summed E-state index contributed by atoms with van der Waals surface area (Å²) >= 11 is 3.37. The third kappa shape index (κ3) is 3.99. The second-order valence-corrected chi connectivity index (χ2v) is 6.06. The molecule has 3 nitrogen and oxygen atoms in total. The van der Waals surface area contributed by atoms with Crippen LogP contribution in [0.5, 0.6) is 0 Å². The topological polar surface area (TPSA) is 41.3 Å². The van der Waals surface area contributed by atoms with E-state index in [-0.39, 0.29) is 11.9 Å². The molecule has 1 fully saturated rings. The molecule has 2 rings (SSSR count). The Morgan fingerprint density at radius 2 is 2.11 bits per heavy atom. The van der Waals surface area contributed by atoms with Crippen molar-refractivity contribution in [2.45, 2.75) is 25.4 Å². The van der Waals surface area contributed by atoms with E-state index in [0.29, 0.717) is 11.6 Å². The molecule has 106 valence electrons. The Hall–Kier alpha value is -0.490. The van der Waals surface area contributed by atoms with Gasteiger partial charge in [0.2, 0.25) is 0 Å². The lowest BCUT2D eigenvalue weighted by molar-refractivity contribution is 0.170. The number of hydrogen-bond donors (Lipinski definition) is 2. The number of benzene rings is 1.